The van der Waals surface area contributed by atoms with Gasteiger partial charge in [0.25, 0.3) is 0 Å². The fourth-order valence-electron chi connectivity index (χ4n) is 6.43. The van der Waals surface area contributed by atoms with Crippen molar-refractivity contribution in [1.82, 2.24) is 19.6 Å². The Labute approximate surface area is 197 Å². The van der Waals surface area contributed by atoms with E-state index in [0.717, 1.165) is 25.9 Å². The Bertz CT molecular complexity index is 807. The van der Waals surface area contributed by atoms with Gasteiger partial charge in [0, 0.05) is 54.4 Å². The average Bonchev–Trinajstić information content (AvgIpc) is 3.44. The van der Waals surface area contributed by atoms with E-state index in [1.165, 1.54) is 0 Å². The molecule has 2 aliphatic carbocycles. The van der Waals surface area contributed by atoms with Crippen molar-refractivity contribution < 1.29 is 19.5 Å². The molecule has 4 aliphatic rings. The number of aliphatic carboxylic acids is 1. The zero-order valence-corrected chi connectivity index (χ0v) is 20.9. The summed E-state index contributed by atoms with van der Waals surface area (Å²) in [5, 5.41) is 18.3. The van der Waals surface area contributed by atoms with Gasteiger partial charge in [0.15, 0.2) is 0 Å². The van der Waals surface area contributed by atoms with Gasteiger partial charge in [0.1, 0.15) is 0 Å². The number of likely N-dealkylation sites (tertiary alicyclic amines) is 2. The highest BCUT2D eigenvalue weighted by Crippen LogP contribution is 2.49. The van der Waals surface area contributed by atoms with Crippen molar-refractivity contribution in [3.63, 3.8) is 0 Å². The SMILES string of the molecule is CN(C)C(=O)N1CC2CC(C)(C#N)CC2C1.CN(C)C(=O)N1CC2CC(C)(C(=O)O)CC2C1. The highest BCUT2D eigenvalue weighted by Gasteiger charge is 2.51. The lowest BCUT2D eigenvalue weighted by Crippen LogP contribution is -2.39. The summed E-state index contributed by atoms with van der Waals surface area (Å²) in [6, 6.07) is 2.56. The van der Waals surface area contributed by atoms with E-state index in [1.54, 1.807) is 38.0 Å². The fourth-order valence-corrected chi connectivity index (χ4v) is 6.43. The first kappa shape index (κ1) is 25.1. The lowest BCUT2D eigenvalue weighted by atomic mass is 9.87. The zero-order valence-electron chi connectivity index (χ0n) is 20.9. The van der Waals surface area contributed by atoms with E-state index in [2.05, 4.69) is 6.07 Å². The van der Waals surface area contributed by atoms with Crippen molar-refractivity contribution in [2.24, 2.45) is 34.5 Å². The largest absolute Gasteiger partial charge is 0.481 e. The highest BCUT2D eigenvalue weighted by atomic mass is 16.4. The van der Waals surface area contributed by atoms with E-state index in [1.807, 2.05) is 23.6 Å². The van der Waals surface area contributed by atoms with Crippen molar-refractivity contribution >= 4 is 18.0 Å². The molecule has 1 N–H and O–H groups in total. The van der Waals surface area contributed by atoms with Gasteiger partial charge in [-0.1, -0.05) is 0 Å². The summed E-state index contributed by atoms with van der Waals surface area (Å²) in [4.78, 5) is 41.8. The standard InChI is InChI=1S/C12H19N3O.C12H20N2O3/c1-12(8-13)4-9-6-15(7-10(9)5-12)11(16)14(2)3;1-12(10(15)16)4-8-6-14(7-9(8)5-12)11(17)13(2)3/h9-10H,4-7H2,1-3H3;8-9H,4-7H2,1-3H3,(H,15,16). The van der Waals surface area contributed by atoms with Crippen LogP contribution in [-0.2, 0) is 4.79 Å². The number of amides is 4. The Morgan fingerprint density at radius 3 is 1.39 bits per heavy atom. The van der Waals surface area contributed by atoms with Crippen LogP contribution in [0.2, 0.25) is 0 Å². The minimum absolute atomic E-state index is 0.0384. The highest BCUT2D eigenvalue weighted by molar-refractivity contribution is 5.76. The van der Waals surface area contributed by atoms with Crippen LogP contribution in [-0.4, -0.2) is 97.1 Å². The van der Waals surface area contributed by atoms with Crippen LogP contribution in [0.25, 0.3) is 0 Å². The van der Waals surface area contributed by atoms with E-state index in [-0.39, 0.29) is 17.5 Å². The van der Waals surface area contributed by atoms with E-state index < -0.39 is 11.4 Å². The zero-order chi connectivity index (χ0) is 24.7. The molecule has 184 valence electrons. The fraction of sp³-hybridized carbons (Fsp3) is 0.833. The summed E-state index contributed by atoms with van der Waals surface area (Å²) in [7, 11) is 7.07. The van der Waals surface area contributed by atoms with Crippen LogP contribution in [0, 0.1) is 45.8 Å². The normalized spacial score (nSPS) is 36.4. The van der Waals surface area contributed by atoms with Gasteiger partial charge in [0.2, 0.25) is 0 Å². The lowest BCUT2D eigenvalue weighted by molar-refractivity contribution is -0.147. The molecule has 0 aromatic carbocycles. The van der Waals surface area contributed by atoms with Crippen LogP contribution < -0.4 is 0 Å². The number of carbonyl (C=O) groups is 3. The van der Waals surface area contributed by atoms with Gasteiger partial charge >= 0.3 is 18.0 Å². The monoisotopic (exact) mass is 461 g/mol. The molecule has 4 amide bonds. The Morgan fingerprint density at radius 1 is 0.788 bits per heavy atom. The topological polar surface area (TPSA) is 108 Å². The van der Waals surface area contributed by atoms with Crippen LogP contribution >= 0.6 is 0 Å². The Kier molecular flexibility index (Phi) is 6.88. The summed E-state index contributed by atoms with van der Waals surface area (Å²) in [6.45, 7) is 6.96. The summed E-state index contributed by atoms with van der Waals surface area (Å²) >= 11 is 0. The second kappa shape index (κ2) is 9.03. The smallest absolute Gasteiger partial charge is 0.319 e. The first-order chi connectivity index (χ1) is 15.3. The first-order valence-corrected chi connectivity index (χ1v) is 11.9. The van der Waals surface area contributed by atoms with Crippen molar-refractivity contribution in [3.05, 3.63) is 0 Å². The van der Waals surface area contributed by atoms with Gasteiger partial charge in [0.05, 0.1) is 16.9 Å². The summed E-state index contributed by atoms with van der Waals surface area (Å²) in [5.41, 5.74) is -0.731. The number of carbonyl (C=O) groups excluding carboxylic acids is 2. The molecule has 4 rings (SSSR count). The summed E-state index contributed by atoms with van der Waals surface area (Å²) < 4.78 is 0. The van der Waals surface area contributed by atoms with Crippen molar-refractivity contribution in [2.75, 3.05) is 54.4 Å². The second-order valence-electron chi connectivity index (χ2n) is 11.6. The molecule has 0 bridgehead atoms. The molecule has 2 saturated heterocycles. The van der Waals surface area contributed by atoms with Gasteiger partial charge in [-0.15, -0.1) is 0 Å². The molecule has 0 aromatic rings. The minimum Gasteiger partial charge on any atom is -0.481 e. The Hall–Kier alpha value is -2.50. The third kappa shape index (κ3) is 5.04. The third-order valence-electron chi connectivity index (χ3n) is 8.10. The number of rotatable bonds is 1. The number of hydrogen-bond donors (Lipinski definition) is 1. The Morgan fingerprint density at radius 2 is 1.12 bits per heavy atom. The molecule has 0 radical (unpaired) electrons. The summed E-state index contributed by atoms with van der Waals surface area (Å²) in [6.07, 6.45) is 3.30. The van der Waals surface area contributed by atoms with Gasteiger partial charge in [-0.25, -0.2) is 9.59 Å². The predicted octanol–water partition coefficient (Wildman–Crippen LogP) is 2.64. The lowest BCUT2D eigenvalue weighted by Gasteiger charge is -2.25. The maximum atomic E-state index is 11.8. The average molecular weight is 462 g/mol. The van der Waals surface area contributed by atoms with E-state index in [4.69, 9.17) is 5.26 Å². The van der Waals surface area contributed by atoms with Crippen LogP contribution in [0.15, 0.2) is 0 Å². The second-order valence-corrected chi connectivity index (χ2v) is 11.6. The molecule has 2 aliphatic heterocycles. The maximum absolute atomic E-state index is 11.8. The molecule has 9 nitrogen and oxygen atoms in total. The number of nitriles is 1. The number of carboxylic acids is 1. The molecule has 2 saturated carbocycles. The van der Waals surface area contributed by atoms with Crippen LogP contribution in [0.1, 0.15) is 39.5 Å². The van der Waals surface area contributed by atoms with Crippen LogP contribution in [0.3, 0.4) is 0 Å². The molecule has 2 heterocycles. The molecule has 0 spiro atoms. The molecule has 9 heteroatoms. The Balaban J connectivity index is 0.000000186. The van der Waals surface area contributed by atoms with E-state index in [9.17, 15) is 19.5 Å². The molecule has 4 fully saturated rings. The molecule has 4 unspecified atom stereocenters. The van der Waals surface area contributed by atoms with E-state index in [0.29, 0.717) is 49.6 Å². The van der Waals surface area contributed by atoms with E-state index >= 15 is 0 Å². The predicted molar refractivity (Wildman–Crippen MR) is 123 cm³/mol. The third-order valence-corrected chi connectivity index (χ3v) is 8.10. The van der Waals surface area contributed by atoms with Gasteiger partial charge < -0.3 is 24.7 Å². The number of hydrogen-bond acceptors (Lipinski definition) is 4. The van der Waals surface area contributed by atoms with Crippen LogP contribution in [0.4, 0.5) is 9.59 Å². The van der Waals surface area contributed by atoms with Crippen molar-refractivity contribution in [1.29, 1.82) is 5.26 Å². The van der Waals surface area contributed by atoms with Crippen molar-refractivity contribution in [3.8, 4) is 6.07 Å². The summed E-state index contributed by atoms with van der Waals surface area (Å²) in [5.74, 6) is 1.10. The quantitative estimate of drug-likeness (QED) is 0.646. The number of urea groups is 2. The molecule has 4 atom stereocenters. The first-order valence-electron chi connectivity index (χ1n) is 11.9. The van der Waals surface area contributed by atoms with Gasteiger partial charge in [-0.2, -0.15) is 5.26 Å². The van der Waals surface area contributed by atoms with Crippen molar-refractivity contribution in [2.45, 2.75) is 39.5 Å². The maximum Gasteiger partial charge on any atom is 0.319 e. The minimum atomic E-state index is -0.697. The number of carboxylic acid groups (broad SMARTS) is 1. The molecule has 0 aromatic heterocycles. The van der Waals surface area contributed by atoms with Gasteiger partial charge in [-0.05, 0) is 63.2 Å². The molecular formula is C24H39N5O4. The van der Waals surface area contributed by atoms with Crippen LogP contribution in [0.5, 0.6) is 0 Å². The van der Waals surface area contributed by atoms with Gasteiger partial charge in [-0.3, -0.25) is 4.79 Å². The number of nitrogens with zero attached hydrogens (tertiary/aromatic N) is 5. The molecule has 33 heavy (non-hydrogen) atoms. The molecular weight excluding hydrogens is 422 g/mol. The number of fused-ring (bicyclic) bond motifs is 2.